The monoisotopic (exact) mass is 487 g/mol. The Kier molecular flexibility index (Phi) is 10.00. The maximum Gasteiger partial charge on any atom is 0.243 e. The SMILES string of the molecule is CC(C[CH]C(=O)NC(Cc1ccc(OCc2ccccc2)cc1)C(=O)NCc1ccncc1)C(N)=O. The van der Waals surface area contributed by atoms with Crippen LogP contribution < -0.4 is 21.1 Å². The highest BCUT2D eigenvalue weighted by molar-refractivity contribution is 5.91. The second-order valence-electron chi connectivity index (χ2n) is 8.50. The van der Waals surface area contributed by atoms with Crippen molar-refractivity contribution in [3.63, 3.8) is 0 Å². The zero-order valence-electron chi connectivity index (χ0n) is 20.2. The zero-order valence-corrected chi connectivity index (χ0v) is 20.2. The van der Waals surface area contributed by atoms with E-state index in [0.29, 0.717) is 18.9 Å². The molecule has 1 heterocycles. The summed E-state index contributed by atoms with van der Waals surface area (Å²) >= 11 is 0. The molecule has 4 N–H and O–H groups in total. The number of nitrogens with one attached hydrogen (secondary N) is 2. The van der Waals surface area contributed by atoms with Crippen LogP contribution in [0.1, 0.15) is 30.0 Å². The van der Waals surface area contributed by atoms with Crippen molar-refractivity contribution >= 4 is 17.7 Å². The predicted octanol–water partition coefficient (Wildman–Crippen LogP) is 2.72. The first kappa shape index (κ1) is 26.4. The van der Waals surface area contributed by atoms with E-state index in [2.05, 4.69) is 15.6 Å². The van der Waals surface area contributed by atoms with Crippen LogP contribution >= 0.6 is 0 Å². The number of hydrogen-bond donors (Lipinski definition) is 3. The summed E-state index contributed by atoms with van der Waals surface area (Å²) in [6.07, 6.45) is 5.12. The summed E-state index contributed by atoms with van der Waals surface area (Å²) in [7, 11) is 0. The number of nitrogens with zero attached hydrogens (tertiary/aromatic N) is 1. The summed E-state index contributed by atoms with van der Waals surface area (Å²) in [5.41, 5.74) is 8.08. The number of ether oxygens (including phenoxy) is 1. The highest BCUT2D eigenvalue weighted by atomic mass is 16.5. The Bertz CT molecular complexity index is 1120. The first-order valence-electron chi connectivity index (χ1n) is 11.8. The average molecular weight is 488 g/mol. The molecule has 0 saturated carbocycles. The molecule has 187 valence electrons. The minimum Gasteiger partial charge on any atom is -0.489 e. The molecule has 8 nitrogen and oxygen atoms in total. The van der Waals surface area contributed by atoms with E-state index in [-0.39, 0.29) is 18.7 Å². The lowest BCUT2D eigenvalue weighted by Gasteiger charge is -2.19. The Morgan fingerprint density at radius 3 is 2.31 bits per heavy atom. The van der Waals surface area contributed by atoms with E-state index in [1.165, 1.54) is 6.42 Å². The van der Waals surface area contributed by atoms with Crippen molar-refractivity contribution in [3.8, 4) is 5.75 Å². The summed E-state index contributed by atoms with van der Waals surface area (Å²) in [4.78, 5) is 40.7. The summed E-state index contributed by atoms with van der Waals surface area (Å²) < 4.78 is 5.83. The van der Waals surface area contributed by atoms with Gasteiger partial charge in [-0.15, -0.1) is 0 Å². The smallest absolute Gasteiger partial charge is 0.243 e. The lowest BCUT2D eigenvalue weighted by molar-refractivity contribution is -0.128. The third kappa shape index (κ3) is 8.87. The van der Waals surface area contributed by atoms with Gasteiger partial charge in [0.2, 0.25) is 17.7 Å². The van der Waals surface area contributed by atoms with Gasteiger partial charge in [0.05, 0.1) is 6.42 Å². The van der Waals surface area contributed by atoms with Crippen molar-refractivity contribution in [1.29, 1.82) is 0 Å². The molecule has 2 unspecified atom stereocenters. The number of aromatic nitrogens is 1. The molecule has 2 atom stereocenters. The molecule has 0 bridgehead atoms. The molecular weight excluding hydrogens is 456 g/mol. The third-order valence-electron chi connectivity index (χ3n) is 5.60. The molecule has 0 aliphatic carbocycles. The minimum absolute atomic E-state index is 0.194. The van der Waals surface area contributed by atoms with Gasteiger partial charge in [-0.25, -0.2) is 0 Å². The lowest BCUT2D eigenvalue weighted by atomic mass is 10.0. The first-order valence-corrected chi connectivity index (χ1v) is 11.8. The number of benzene rings is 2. The fourth-order valence-electron chi connectivity index (χ4n) is 3.35. The van der Waals surface area contributed by atoms with Gasteiger partial charge in [0, 0.05) is 31.3 Å². The van der Waals surface area contributed by atoms with Gasteiger partial charge >= 0.3 is 0 Å². The maximum absolute atomic E-state index is 13.0. The molecule has 0 aliphatic rings. The van der Waals surface area contributed by atoms with Crippen LogP contribution in [0.15, 0.2) is 79.1 Å². The summed E-state index contributed by atoms with van der Waals surface area (Å²) in [6, 6.07) is 20.1. The molecular formula is C28H31N4O4. The Morgan fingerprint density at radius 2 is 1.64 bits per heavy atom. The Morgan fingerprint density at radius 1 is 0.944 bits per heavy atom. The molecule has 0 saturated heterocycles. The first-order chi connectivity index (χ1) is 17.4. The zero-order chi connectivity index (χ0) is 25.8. The van der Waals surface area contributed by atoms with Gasteiger partial charge in [-0.2, -0.15) is 0 Å². The number of hydrogen-bond acceptors (Lipinski definition) is 5. The molecule has 1 radical (unpaired) electrons. The number of pyridine rings is 1. The molecule has 3 rings (SSSR count). The molecule has 1 aromatic heterocycles. The van der Waals surface area contributed by atoms with Crippen molar-refractivity contribution in [2.45, 2.75) is 39.0 Å². The third-order valence-corrected chi connectivity index (χ3v) is 5.60. The number of carbonyl (C=O) groups is 3. The van der Waals surface area contributed by atoms with Gasteiger partial charge < -0.3 is 21.1 Å². The predicted molar refractivity (Wildman–Crippen MR) is 136 cm³/mol. The number of rotatable bonds is 13. The summed E-state index contributed by atoms with van der Waals surface area (Å²) in [5, 5.41) is 5.62. The van der Waals surface area contributed by atoms with E-state index in [4.69, 9.17) is 10.5 Å². The number of amides is 3. The van der Waals surface area contributed by atoms with Gasteiger partial charge in [0.25, 0.3) is 0 Å². The van der Waals surface area contributed by atoms with Crippen molar-refractivity contribution in [1.82, 2.24) is 15.6 Å². The Balaban J connectivity index is 1.61. The van der Waals surface area contributed by atoms with E-state index in [1.807, 2.05) is 54.6 Å². The fraction of sp³-hybridized carbons (Fsp3) is 0.250. The van der Waals surface area contributed by atoms with E-state index in [9.17, 15) is 14.4 Å². The van der Waals surface area contributed by atoms with E-state index < -0.39 is 23.8 Å². The number of nitrogens with two attached hydrogens (primary N) is 1. The van der Waals surface area contributed by atoms with Crippen LogP contribution in [0.2, 0.25) is 0 Å². The number of primary amides is 1. The molecule has 0 aliphatic heterocycles. The van der Waals surface area contributed by atoms with Crippen molar-refractivity contribution in [2.75, 3.05) is 0 Å². The van der Waals surface area contributed by atoms with Gasteiger partial charge in [0.15, 0.2) is 0 Å². The van der Waals surface area contributed by atoms with Crippen LogP contribution in [0, 0.1) is 12.3 Å². The number of carbonyl (C=O) groups excluding carboxylic acids is 3. The van der Waals surface area contributed by atoms with Crippen molar-refractivity contribution < 1.29 is 19.1 Å². The van der Waals surface area contributed by atoms with E-state index in [1.54, 1.807) is 31.5 Å². The summed E-state index contributed by atoms with van der Waals surface area (Å²) in [6.45, 7) is 2.41. The minimum atomic E-state index is -0.810. The van der Waals surface area contributed by atoms with Crippen LogP contribution in [0.25, 0.3) is 0 Å². The highest BCUT2D eigenvalue weighted by Gasteiger charge is 2.22. The van der Waals surface area contributed by atoms with Gasteiger partial charge in [-0.1, -0.05) is 49.4 Å². The van der Waals surface area contributed by atoms with Gasteiger partial charge in [0.1, 0.15) is 18.4 Å². The van der Waals surface area contributed by atoms with Crippen LogP contribution in [-0.4, -0.2) is 28.7 Å². The molecule has 36 heavy (non-hydrogen) atoms. The second kappa shape index (κ2) is 13.6. The maximum atomic E-state index is 13.0. The molecule has 0 spiro atoms. The average Bonchev–Trinajstić information content (AvgIpc) is 2.90. The van der Waals surface area contributed by atoms with Crippen LogP contribution in [-0.2, 0) is 34.0 Å². The normalized spacial score (nSPS) is 12.2. The standard InChI is InChI=1S/C28H31N4O4/c1-20(27(29)34)7-12-26(33)32-25(28(35)31-18-22-13-15-30-16-14-22)17-21-8-10-24(11-9-21)36-19-23-5-3-2-4-6-23/h2-6,8-16,20,25H,7,17-19H2,1H3,(H2,29,34)(H,31,35)(H,32,33). The largest absolute Gasteiger partial charge is 0.489 e. The lowest BCUT2D eigenvalue weighted by Crippen LogP contribution is -2.48. The molecule has 3 amide bonds. The van der Waals surface area contributed by atoms with Crippen LogP contribution in [0.4, 0.5) is 0 Å². The Labute approximate surface area is 211 Å². The molecule has 3 aromatic rings. The topological polar surface area (TPSA) is 123 Å². The van der Waals surface area contributed by atoms with Gasteiger partial charge in [-0.05, 0) is 47.4 Å². The molecule has 0 fully saturated rings. The van der Waals surface area contributed by atoms with E-state index in [0.717, 1.165) is 16.7 Å². The summed E-state index contributed by atoms with van der Waals surface area (Å²) in [5.74, 6) is -1.01. The quantitative estimate of drug-likeness (QED) is 0.342. The highest BCUT2D eigenvalue weighted by Crippen LogP contribution is 2.16. The van der Waals surface area contributed by atoms with Crippen LogP contribution in [0.5, 0.6) is 5.75 Å². The van der Waals surface area contributed by atoms with Crippen LogP contribution in [0.3, 0.4) is 0 Å². The van der Waals surface area contributed by atoms with Gasteiger partial charge in [-0.3, -0.25) is 19.4 Å². The van der Waals surface area contributed by atoms with Crippen molar-refractivity contribution in [3.05, 3.63) is 102 Å². The van der Waals surface area contributed by atoms with E-state index >= 15 is 0 Å². The molecule has 8 heteroatoms. The van der Waals surface area contributed by atoms with Crippen molar-refractivity contribution in [2.24, 2.45) is 11.7 Å². The molecule has 2 aromatic carbocycles. The Hall–Kier alpha value is -4.20. The second-order valence-corrected chi connectivity index (χ2v) is 8.50. The fourth-order valence-corrected chi connectivity index (χ4v) is 3.35.